The number of ether oxygens (including phenoxy) is 3. The van der Waals surface area contributed by atoms with Crippen molar-refractivity contribution in [2.75, 3.05) is 34.4 Å². The third-order valence-electron chi connectivity index (χ3n) is 5.43. The molecule has 0 radical (unpaired) electrons. The molecule has 1 fully saturated rings. The Hall–Kier alpha value is -1.88. The van der Waals surface area contributed by atoms with Crippen molar-refractivity contribution in [3.63, 3.8) is 0 Å². The monoisotopic (exact) mass is 394 g/mol. The molecule has 2 heterocycles. The Bertz CT molecular complexity index is 697. The summed E-state index contributed by atoms with van der Waals surface area (Å²) in [6.45, 7) is 7.81. The van der Waals surface area contributed by atoms with E-state index in [1.165, 1.54) is 31.6 Å². The van der Waals surface area contributed by atoms with Crippen molar-refractivity contribution in [2.24, 2.45) is 0 Å². The van der Waals surface area contributed by atoms with Crippen LogP contribution in [0.3, 0.4) is 0 Å². The number of benzene rings is 1. The zero-order valence-corrected chi connectivity index (χ0v) is 17.8. The van der Waals surface area contributed by atoms with Crippen LogP contribution in [-0.4, -0.2) is 55.6 Å². The number of allylic oxidation sites excluding steroid dienone is 1. The van der Waals surface area contributed by atoms with E-state index in [1.54, 1.807) is 21.3 Å². The third kappa shape index (κ3) is 4.52. The first kappa shape index (κ1) is 21.4. The maximum Gasteiger partial charge on any atom is 0.203 e. The normalized spacial score (nSPS) is 18.3. The Morgan fingerprint density at radius 3 is 2.07 bits per heavy atom. The highest BCUT2D eigenvalue weighted by molar-refractivity contribution is 5.68. The molecule has 150 valence electrons. The smallest absolute Gasteiger partial charge is 0.203 e. The zero-order chi connectivity index (χ0) is 18.7. The van der Waals surface area contributed by atoms with Crippen LogP contribution >= 0.6 is 0 Å². The Labute approximate surface area is 169 Å². The number of hydrogen-bond acceptors (Lipinski definition) is 4. The minimum atomic E-state index is 0. The van der Waals surface area contributed by atoms with Gasteiger partial charge in [-0.2, -0.15) is 0 Å². The zero-order valence-electron chi connectivity index (χ0n) is 17.0. The van der Waals surface area contributed by atoms with E-state index in [9.17, 15) is 0 Å². The van der Waals surface area contributed by atoms with Crippen molar-refractivity contribution >= 4 is 6.21 Å². The summed E-state index contributed by atoms with van der Waals surface area (Å²) in [5.74, 6) is 2.03. The summed E-state index contributed by atoms with van der Waals surface area (Å²) in [5, 5.41) is 0. The lowest BCUT2D eigenvalue weighted by Crippen LogP contribution is -3.00. The summed E-state index contributed by atoms with van der Waals surface area (Å²) in [6, 6.07) is 4.07. The molecule has 0 saturated carbocycles. The van der Waals surface area contributed by atoms with E-state index in [4.69, 9.17) is 14.2 Å². The summed E-state index contributed by atoms with van der Waals surface area (Å²) >= 11 is 0. The molecule has 6 heteroatoms. The number of halogens is 1. The molecule has 5 nitrogen and oxygen atoms in total. The molecule has 0 spiro atoms. The van der Waals surface area contributed by atoms with Crippen LogP contribution in [0.1, 0.15) is 38.7 Å². The fourth-order valence-corrected chi connectivity index (χ4v) is 3.89. The van der Waals surface area contributed by atoms with Crippen LogP contribution in [0.25, 0.3) is 0 Å². The van der Waals surface area contributed by atoms with E-state index in [-0.39, 0.29) is 17.9 Å². The molecule has 27 heavy (non-hydrogen) atoms. The second-order valence-corrected chi connectivity index (χ2v) is 7.65. The van der Waals surface area contributed by atoms with Gasteiger partial charge in [-0.25, -0.2) is 4.58 Å². The molecule has 1 aromatic rings. The van der Waals surface area contributed by atoms with Crippen LogP contribution in [0.5, 0.6) is 17.2 Å². The third-order valence-corrected chi connectivity index (χ3v) is 5.43. The number of likely N-dealkylation sites (tertiary alicyclic amines) is 1. The van der Waals surface area contributed by atoms with Crippen molar-refractivity contribution in [1.82, 2.24) is 4.90 Å². The molecular formula is C21H31ClN2O3. The van der Waals surface area contributed by atoms with Gasteiger partial charge < -0.3 is 31.5 Å². The van der Waals surface area contributed by atoms with Crippen molar-refractivity contribution in [3.8, 4) is 17.2 Å². The molecule has 0 aromatic heterocycles. The average molecular weight is 395 g/mol. The average Bonchev–Trinajstić information content (AvgIpc) is 3.16. The van der Waals surface area contributed by atoms with Crippen molar-refractivity contribution < 1.29 is 31.2 Å². The van der Waals surface area contributed by atoms with E-state index in [1.807, 2.05) is 12.1 Å². The molecule has 0 bridgehead atoms. The molecule has 0 N–H and O–H groups in total. The number of nitrogens with zero attached hydrogens (tertiary/aromatic N) is 2. The van der Waals surface area contributed by atoms with Crippen LogP contribution in [-0.2, 0) is 6.54 Å². The topological polar surface area (TPSA) is 33.9 Å². The second kappa shape index (κ2) is 8.87. The fourth-order valence-electron chi connectivity index (χ4n) is 3.89. The quantitative estimate of drug-likeness (QED) is 0.656. The van der Waals surface area contributed by atoms with Gasteiger partial charge in [0.2, 0.25) is 5.75 Å². The highest BCUT2D eigenvalue weighted by Gasteiger charge is 2.36. The molecule has 0 atom stereocenters. The van der Waals surface area contributed by atoms with Crippen LogP contribution in [0.4, 0.5) is 0 Å². The van der Waals surface area contributed by atoms with E-state index < -0.39 is 0 Å². The number of hydrogen-bond donors (Lipinski definition) is 0. The highest BCUT2D eigenvalue weighted by Crippen LogP contribution is 2.39. The van der Waals surface area contributed by atoms with E-state index in [0.29, 0.717) is 17.2 Å². The molecule has 2 aliphatic rings. The lowest BCUT2D eigenvalue weighted by molar-refractivity contribution is -0.612. The Kier molecular flexibility index (Phi) is 7.04. The first-order valence-corrected chi connectivity index (χ1v) is 9.33. The molecule has 0 aliphatic carbocycles. The van der Waals surface area contributed by atoms with E-state index in [2.05, 4.69) is 35.6 Å². The van der Waals surface area contributed by atoms with Gasteiger partial charge in [-0.05, 0) is 25.0 Å². The molecule has 0 unspecified atom stereocenters. The van der Waals surface area contributed by atoms with Gasteiger partial charge in [-0.1, -0.05) is 0 Å². The standard InChI is InChI=1S/C21H31N2O3.ClH/c1-21(2)14-17(22-9-6-7-10-22)8-11-23(21)15-16-12-18(24-3)20(26-5)19(13-16)25-4;/h8,11-13H,6-7,9-10,14-15H2,1-5H3;1H/q+1;/p-1. The molecule has 0 amide bonds. The van der Waals surface area contributed by atoms with Crippen molar-refractivity contribution in [3.05, 3.63) is 29.5 Å². The summed E-state index contributed by atoms with van der Waals surface area (Å²) in [5.41, 5.74) is 2.67. The summed E-state index contributed by atoms with van der Waals surface area (Å²) in [4.78, 5) is 2.54. The minimum absolute atomic E-state index is 0. The van der Waals surface area contributed by atoms with E-state index >= 15 is 0 Å². The second-order valence-electron chi connectivity index (χ2n) is 7.65. The highest BCUT2D eigenvalue weighted by atomic mass is 35.5. The van der Waals surface area contributed by atoms with Crippen LogP contribution < -0.4 is 26.6 Å². The maximum absolute atomic E-state index is 5.49. The first-order valence-electron chi connectivity index (χ1n) is 9.33. The molecule has 1 saturated heterocycles. The van der Waals surface area contributed by atoms with Gasteiger partial charge >= 0.3 is 0 Å². The van der Waals surface area contributed by atoms with Crippen molar-refractivity contribution in [2.45, 2.75) is 45.2 Å². The predicted molar refractivity (Wildman–Crippen MR) is 104 cm³/mol. The SMILES string of the molecule is COc1cc(C[N+]2=CC=C(N3CCCC3)CC2(C)C)cc(OC)c1OC.[Cl-]. The summed E-state index contributed by atoms with van der Waals surface area (Å²) < 4.78 is 18.8. The molecule has 2 aliphatic heterocycles. The Balaban J connectivity index is 0.00000261. The van der Waals surface area contributed by atoms with Gasteiger partial charge in [0.25, 0.3) is 0 Å². The molecule has 1 aromatic carbocycles. The van der Waals surface area contributed by atoms with Crippen LogP contribution in [0.15, 0.2) is 23.9 Å². The predicted octanol–water partition coefficient (Wildman–Crippen LogP) is 0.462. The Morgan fingerprint density at radius 1 is 1.00 bits per heavy atom. The first-order chi connectivity index (χ1) is 12.5. The fraction of sp³-hybridized carbons (Fsp3) is 0.571. The molecular weight excluding hydrogens is 364 g/mol. The van der Waals surface area contributed by atoms with Crippen molar-refractivity contribution in [1.29, 1.82) is 0 Å². The maximum atomic E-state index is 5.49. The molecule has 3 rings (SSSR count). The largest absolute Gasteiger partial charge is 1.00 e. The number of rotatable bonds is 6. The van der Waals surface area contributed by atoms with Gasteiger partial charge in [0.05, 0.1) is 27.8 Å². The summed E-state index contributed by atoms with van der Waals surface area (Å²) in [7, 11) is 4.94. The summed E-state index contributed by atoms with van der Waals surface area (Å²) in [6.07, 6.45) is 8.21. The van der Waals surface area contributed by atoms with Crippen LogP contribution in [0.2, 0.25) is 0 Å². The van der Waals surface area contributed by atoms with Gasteiger partial charge in [-0.3, -0.25) is 0 Å². The minimum Gasteiger partial charge on any atom is -1.00 e. The Morgan fingerprint density at radius 2 is 1.59 bits per heavy atom. The number of methoxy groups -OCH3 is 3. The lowest BCUT2D eigenvalue weighted by Gasteiger charge is -2.31. The van der Waals surface area contributed by atoms with E-state index in [0.717, 1.165) is 18.5 Å². The van der Waals surface area contributed by atoms with Crippen LogP contribution in [0, 0.1) is 0 Å². The van der Waals surface area contributed by atoms with Gasteiger partial charge in [0.1, 0.15) is 0 Å². The lowest BCUT2D eigenvalue weighted by atomic mass is 9.93. The van der Waals surface area contributed by atoms with Gasteiger partial charge in [-0.15, -0.1) is 0 Å². The van der Waals surface area contributed by atoms with Gasteiger partial charge in [0.15, 0.2) is 29.8 Å². The van der Waals surface area contributed by atoms with Gasteiger partial charge in [0, 0.05) is 44.3 Å².